The molecule has 0 atom stereocenters. The average molecular weight is 354 g/mol. The molecule has 0 spiro atoms. The summed E-state index contributed by atoms with van der Waals surface area (Å²) >= 11 is 0. The average Bonchev–Trinajstić information content (AvgIpc) is 2.61. The zero-order valence-electron chi connectivity index (χ0n) is 15.5. The first-order valence-electron chi connectivity index (χ1n) is 10.4. The third-order valence-electron chi connectivity index (χ3n) is 7.27. The number of pyridine rings is 1. The summed E-state index contributed by atoms with van der Waals surface area (Å²) in [6, 6.07) is 4.50. The second-order valence-electron chi connectivity index (χ2n) is 9.26. The number of hydrogen-bond donors (Lipinski definition) is 2. The van der Waals surface area contributed by atoms with Crippen molar-refractivity contribution in [1.82, 2.24) is 15.6 Å². The molecule has 1 aliphatic heterocycles. The van der Waals surface area contributed by atoms with Gasteiger partial charge >= 0.3 is 6.03 Å². The highest BCUT2D eigenvalue weighted by molar-refractivity contribution is 5.75. The number of piperidine rings is 1. The Bertz CT molecular complexity index is 618. The van der Waals surface area contributed by atoms with E-state index in [0.29, 0.717) is 6.04 Å². The van der Waals surface area contributed by atoms with Crippen molar-refractivity contribution in [2.24, 2.45) is 17.8 Å². The van der Waals surface area contributed by atoms with Crippen LogP contribution in [0.15, 0.2) is 24.5 Å². The van der Waals surface area contributed by atoms with Crippen molar-refractivity contribution >= 4 is 11.7 Å². The molecular formula is C21H30N4O. The van der Waals surface area contributed by atoms with Gasteiger partial charge in [0, 0.05) is 42.8 Å². The van der Waals surface area contributed by atoms with Gasteiger partial charge in [0.1, 0.15) is 0 Å². The zero-order chi connectivity index (χ0) is 17.6. The highest BCUT2D eigenvalue weighted by Gasteiger charge is 2.51. The Morgan fingerprint density at radius 1 is 1.00 bits per heavy atom. The van der Waals surface area contributed by atoms with Crippen LogP contribution < -0.4 is 15.5 Å². The van der Waals surface area contributed by atoms with E-state index in [4.69, 9.17) is 0 Å². The number of carbonyl (C=O) groups is 1. The molecule has 4 aliphatic carbocycles. The van der Waals surface area contributed by atoms with Crippen LogP contribution in [-0.2, 0) is 0 Å². The van der Waals surface area contributed by atoms with E-state index in [2.05, 4.69) is 32.7 Å². The SMILES string of the molecule is O=C(NC1CCN(c2ccncc2)CC1)NC12CC3CC(CC(C3)C1)C2. The highest BCUT2D eigenvalue weighted by atomic mass is 16.2. The minimum atomic E-state index is 0.0781. The van der Waals surface area contributed by atoms with Crippen molar-refractivity contribution in [3.63, 3.8) is 0 Å². The molecule has 5 fully saturated rings. The normalized spacial score (nSPS) is 36.2. The van der Waals surface area contributed by atoms with E-state index in [1.807, 2.05) is 12.4 Å². The summed E-state index contributed by atoms with van der Waals surface area (Å²) in [5.74, 6) is 2.60. The third kappa shape index (κ3) is 3.17. The number of nitrogens with zero attached hydrogens (tertiary/aromatic N) is 2. The maximum atomic E-state index is 12.7. The first kappa shape index (κ1) is 16.4. The predicted molar refractivity (Wildman–Crippen MR) is 102 cm³/mol. The van der Waals surface area contributed by atoms with E-state index in [0.717, 1.165) is 43.7 Å². The Morgan fingerprint density at radius 3 is 2.15 bits per heavy atom. The Morgan fingerprint density at radius 2 is 1.58 bits per heavy atom. The number of aromatic nitrogens is 1. The molecule has 5 aliphatic rings. The summed E-state index contributed by atoms with van der Waals surface area (Å²) in [5, 5.41) is 6.72. The fourth-order valence-corrected chi connectivity index (χ4v) is 6.56. The minimum absolute atomic E-state index is 0.0781. The van der Waals surface area contributed by atoms with Crippen LogP contribution in [0.5, 0.6) is 0 Å². The Labute approximate surface area is 155 Å². The molecule has 26 heavy (non-hydrogen) atoms. The first-order chi connectivity index (χ1) is 12.7. The fraction of sp³-hybridized carbons (Fsp3) is 0.714. The van der Waals surface area contributed by atoms with E-state index in [9.17, 15) is 4.79 Å². The van der Waals surface area contributed by atoms with Gasteiger partial charge in [0.25, 0.3) is 0 Å². The number of anilines is 1. The third-order valence-corrected chi connectivity index (χ3v) is 7.27. The molecule has 140 valence electrons. The van der Waals surface area contributed by atoms with Crippen LogP contribution in [0.3, 0.4) is 0 Å². The molecule has 1 aromatic rings. The predicted octanol–water partition coefficient (Wildman–Crippen LogP) is 3.32. The lowest BCUT2D eigenvalue weighted by molar-refractivity contribution is -0.0137. The fourth-order valence-electron chi connectivity index (χ4n) is 6.56. The quantitative estimate of drug-likeness (QED) is 0.875. The number of nitrogens with one attached hydrogen (secondary N) is 2. The Kier molecular flexibility index (Phi) is 4.06. The molecule has 4 saturated carbocycles. The molecule has 1 saturated heterocycles. The smallest absolute Gasteiger partial charge is 0.315 e. The molecule has 0 unspecified atom stereocenters. The molecule has 2 N–H and O–H groups in total. The van der Waals surface area contributed by atoms with E-state index < -0.39 is 0 Å². The summed E-state index contributed by atoms with van der Waals surface area (Å²) < 4.78 is 0. The van der Waals surface area contributed by atoms with Gasteiger partial charge in [-0.25, -0.2) is 4.79 Å². The minimum Gasteiger partial charge on any atom is -0.371 e. The summed E-state index contributed by atoms with van der Waals surface area (Å²) in [4.78, 5) is 19.2. The van der Waals surface area contributed by atoms with Gasteiger partial charge in [0.2, 0.25) is 0 Å². The Balaban J connectivity index is 1.14. The van der Waals surface area contributed by atoms with Gasteiger partial charge in [-0.2, -0.15) is 0 Å². The van der Waals surface area contributed by atoms with Crippen molar-refractivity contribution in [3.8, 4) is 0 Å². The van der Waals surface area contributed by atoms with Crippen LogP contribution in [0.25, 0.3) is 0 Å². The van der Waals surface area contributed by atoms with Gasteiger partial charge in [0.15, 0.2) is 0 Å². The highest BCUT2D eigenvalue weighted by Crippen LogP contribution is 2.55. The van der Waals surface area contributed by atoms with Crippen LogP contribution in [0.1, 0.15) is 51.4 Å². The Hall–Kier alpha value is -1.78. The van der Waals surface area contributed by atoms with Crippen LogP contribution in [0, 0.1) is 17.8 Å². The summed E-state index contributed by atoms with van der Waals surface area (Å²) in [6.45, 7) is 1.98. The molecular weight excluding hydrogens is 324 g/mol. The van der Waals surface area contributed by atoms with Gasteiger partial charge in [0.05, 0.1) is 0 Å². The van der Waals surface area contributed by atoms with E-state index in [-0.39, 0.29) is 11.6 Å². The van der Waals surface area contributed by atoms with Gasteiger partial charge in [-0.15, -0.1) is 0 Å². The lowest BCUT2D eigenvalue weighted by atomic mass is 9.53. The van der Waals surface area contributed by atoms with Crippen molar-refractivity contribution in [3.05, 3.63) is 24.5 Å². The molecule has 4 bridgehead atoms. The molecule has 5 heteroatoms. The maximum absolute atomic E-state index is 12.7. The monoisotopic (exact) mass is 354 g/mol. The van der Waals surface area contributed by atoms with Gasteiger partial charge in [-0.1, -0.05) is 0 Å². The molecule has 2 heterocycles. The summed E-state index contributed by atoms with van der Waals surface area (Å²) in [7, 11) is 0. The number of amides is 2. The molecule has 0 aromatic carbocycles. The number of rotatable bonds is 3. The second-order valence-corrected chi connectivity index (χ2v) is 9.26. The van der Waals surface area contributed by atoms with Crippen LogP contribution in [-0.4, -0.2) is 35.7 Å². The standard InChI is InChI=1S/C21H30N4O/c26-20(24-21-12-15-9-16(13-21)11-17(10-15)14-21)23-18-3-7-25(8-4-18)19-1-5-22-6-2-19/h1-2,5-6,15-18H,3-4,7-14H2,(H2,23,24,26). The first-order valence-corrected chi connectivity index (χ1v) is 10.4. The van der Waals surface area contributed by atoms with Crippen LogP contribution in [0.2, 0.25) is 0 Å². The largest absolute Gasteiger partial charge is 0.371 e. The van der Waals surface area contributed by atoms with Gasteiger partial charge < -0.3 is 15.5 Å². The van der Waals surface area contributed by atoms with Gasteiger partial charge in [-0.3, -0.25) is 4.98 Å². The van der Waals surface area contributed by atoms with Gasteiger partial charge in [-0.05, 0) is 81.3 Å². The molecule has 1 aromatic heterocycles. The zero-order valence-corrected chi connectivity index (χ0v) is 15.5. The second kappa shape index (κ2) is 6.43. The molecule has 5 nitrogen and oxygen atoms in total. The lowest BCUT2D eigenvalue weighted by Crippen LogP contribution is -2.62. The van der Waals surface area contributed by atoms with E-state index in [1.54, 1.807) is 0 Å². The van der Waals surface area contributed by atoms with E-state index in [1.165, 1.54) is 44.2 Å². The van der Waals surface area contributed by atoms with Crippen molar-refractivity contribution < 1.29 is 4.79 Å². The number of carbonyl (C=O) groups excluding carboxylic acids is 1. The topological polar surface area (TPSA) is 57.3 Å². The number of hydrogen-bond acceptors (Lipinski definition) is 3. The van der Waals surface area contributed by atoms with Crippen molar-refractivity contribution in [2.45, 2.75) is 62.9 Å². The summed E-state index contributed by atoms with van der Waals surface area (Å²) in [5.41, 5.74) is 1.34. The maximum Gasteiger partial charge on any atom is 0.315 e. The van der Waals surface area contributed by atoms with Crippen molar-refractivity contribution in [2.75, 3.05) is 18.0 Å². The lowest BCUT2D eigenvalue weighted by Gasteiger charge is -2.56. The van der Waals surface area contributed by atoms with Crippen LogP contribution >= 0.6 is 0 Å². The molecule has 2 amide bonds. The molecule has 0 radical (unpaired) electrons. The molecule has 6 rings (SSSR count). The van der Waals surface area contributed by atoms with E-state index >= 15 is 0 Å². The number of urea groups is 1. The van der Waals surface area contributed by atoms with Crippen molar-refractivity contribution in [1.29, 1.82) is 0 Å². The summed E-state index contributed by atoms with van der Waals surface area (Å²) in [6.07, 6.45) is 13.6. The van der Waals surface area contributed by atoms with Crippen LogP contribution in [0.4, 0.5) is 10.5 Å².